The first-order valence-electron chi connectivity index (χ1n) is 6.52. The molecule has 1 aromatic rings. The van der Waals surface area contributed by atoms with Crippen LogP contribution < -0.4 is 5.32 Å². The highest BCUT2D eigenvalue weighted by molar-refractivity contribution is 6.02. The van der Waals surface area contributed by atoms with Gasteiger partial charge >= 0.3 is 0 Å². The van der Waals surface area contributed by atoms with E-state index in [1.54, 1.807) is 6.20 Å². The maximum atomic E-state index is 8.05. The van der Waals surface area contributed by atoms with Gasteiger partial charge in [0.15, 0.2) is 0 Å². The Kier molecular flexibility index (Phi) is 5.67. The van der Waals surface area contributed by atoms with E-state index in [0.717, 1.165) is 37.1 Å². The second kappa shape index (κ2) is 7.05. The van der Waals surface area contributed by atoms with Crippen molar-refractivity contribution < 1.29 is 0 Å². The van der Waals surface area contributed by atoms with Crippen LogP contribution >= 0.6 is 0 Å². The molecule has 3 nitrogen and oxygen atoms in total. The number of hydrogen-bond acceptors (Lipinski definition) is 3. The quantitative estimate of drug-likeness (QED) is 0.703. The maximum absolute atomic E-state index is 8.05. The predicted octanol–water partition coefficient (Wildman–Crippen LogP) is 3.85. The Morgan fingerprint density at radius 2 is 2.06 bits per heavy atom. The van der Waals surface area contributed by atoms with E-state index in [1.807, 2.05) is 12.1 Å². The van der Waals surface area contributed by atoms with Crippen LogP contribution in [0, 0.1) is 5.41 Å². The zero-order valence-electron chi connectivity index (χ0n) is 11.1. The molecule has 0 aromatic carbocycles. The summed E-state index contributed by atoms with van der Waals surface area (Å²) >= 11 is 0. The predicted molar refractivity (Wildman–Crippen MR) is 74.0 cm³/mol. The molecule has 0 saturated heterocycles. The van der Waals surface area contributed by atoms with Crippen LogP contribution in [0.4, 0.5) is 5.82 Å². The Hall–Kier alpha value is -1.38. The van der Waals surface area contributed by atoms with Crippen LogP contribution in [0.15, 0.2) is 18.3 Å². The van der Waals surface area contributed by atoms with Crippen LogP contribution in [0.3, 0.4) is 0 Å². The first kappa shape index (κ1) is 13.7. The molecule has 94 valence electrons. The summed E-state index contributed by atoms with van der Waals surface area (Å²) in [6.45, 7) is 6.43. The van der Waals surface area contributed by atoms with Crippen molar-refractivity contribution in [3.63, 3.8) is 0 Å². The van der Waals surface area contributed by atoms with Gasteiger partial charge in [-0.1, -0.05) is 27.2 Å². The van der Waals surface area contributed by atoms with Gasteiger partial charge in [0.2, 0.25) is 0 Å². The Morgan fingerprint density at radius 1 is 1.35 bits per heavy atom. The van der Waals surface area contributed by atoms with Crippen molar-refractivity contribution in [3.05, 3.63) is 23.9 Å². The summed E-state index contributed by atoms with van der Waals surface area (Å²) in [7, 11) is 0. The summed E-state index contributed by atoms with van der Waals surface area (Å²) in [6, 6.07) is 4.32. The van der Waals surface area contributed by atoms with Gasteiger partial charge in [-0.2, -0.15) is 0 Å². The molecule has 0 aliphatic rings. The molecule has 0 aliphatic heterocycles. The lowest BCUT2D eigenvalue weighted by Crippen LogP contribution is -2.20. The zero-order chi connectivity index (χ0) is 12.7. The number of nitrogens with one attached hydrogen (secondary N) is 2. The molecule has 0 radical (unpaired) electrons. The van der Waals surface area contributed by atoms with Gasteiger partial charge in [-0.15, -0.1) is 0 Å². The zero-order valence-corrected chi connectivity index (χ0v) is 11.1. The molecule has 1 heterocycles. The number of hydrogen-bond donors (Lipinski definition) is 2. The standard InChI is InChI=1S/C14H23N3/c1-4-8-13(15)12-9-7-10-16-14(12)17-11(5-2)6-3/h7,9-11,15H,4-6,8H2,1-3H3,(H,16,17). The molecule has 1 rings (SSSR count). The van der Waals surface area contributed by atoms with Crippen molar-refractivity contribution in [2.24, 2.45) is 0 Å². The second-order valence-electron chi connectivity index (χ2n) is 4.29. The molecule has 1 aromatic heterocycles. The highest BCUT2D eigenvalue weighted by Gasteiger charge is 2.11. The maximum Gasteiger partial charge on any atom is 0.135 e. The first-order valence-corrected chi connectivity index (χ1v) is 6.52. The minimum atomic E-state index is 0.443. The molecule has 0 unspecified atom stereocenters. The van der Waals surface area contributed by atoms with Crippen LogP contribution in [-0.4, -0.2) is 16.7 Å². The smallest absolute Gasteiger partial charge is 0.135 e. The Balaban J connectivity index is 2.87. The van der Waals surface area contributed by atoms with Gasteiger partial charge in [0.1, 0.15) is 5.82 Å². The van der Waals surface area contributed by atoms with Crippen molar-refractivity contribution in [2.75, 3.05) is 5.32 Å². The summed E-state index contributed by atoms with van der Waals surface area (Å²) in [5.74, 6) is 0.861. The van der Waals surface area contributed by atoms with E-state index < -0.39 is 0 Å². The van der Waals surface area contributed by atoms with Crippen LogP contribution in [0.25, 0.3) is 0 Å². The molecule has 0 saturated carbocycles. The Labute approximate surface area is 104 Å². The van der Waals surface area contributed by atoms with Crippen LogP contribution in [0.2, 0.25) is 0 Å². The van der Waals surface area contributed by atoms with Crippen molar-refractivity contribution >= 4 is 11.5 Å². The van der Waals surface area contributed by atoms with E-state index in [4.69, 9.17) is 5.41 Å². The number of nitrogens with zero attached hydrogens (tertiary/aromatic N) is 1. The summed E-state index contributed by atoms with van der Waals surface area (Å²) in [5.41, 5.74) is 1.62. The third-order valence-electron chi connectivity index (χ3n) is 2.96. The fourth-order valence-corrected chi connectivity index (χ4v) is 1.83. The van der Waals surface area contributed by atoms with Gasteiger partial charge in [0.25, 0.3) is 0 Å². The van der Waals surface area contributed by atoms with Crippen molar-refractivity contribution in [1.29, 1.82) is 5.41 Å². The highest BCUT2D eigenvalue weighted by Crippen LogP contribution is 2.17. The highest BCUT2D eigenvalue weighted by atomic mass is 15.0. The number of aromatic nitrogens is 1. The third-order valence-corrected chi connectivity index (χ3v) is 2.96. The summed E-state index contributed by atoms with van der Waals surface area (Å²) in [5, 5.41) is 11.5. The molecule has 0 atom stereocenters. The van der Waals surface area contributed by atoms with Crippen LogP contribution in [-0.2, 0) is 0 Å². The molecule has 17 heavy (non-hydrogen) atoms. The van der Waals surface area contributed by atoms with Gasteiger partial charge < -0.3 is 10.7 Å². The normalized spacial score (nSPS) is 10.6. The van der Waals surface area contributed by atoms with E-state index >= 15 is 0 Å². The van der Waals surface area contributed by atoms with E-state index in [0.29, 0.717) is 11.8 Å². The lowest BCUT2D eigenvalue weighted by molar-refractivity contribution is 0.668. The van der Waals surface area contributed by atoms with Gasteiger partial charge in [-0.3, -0.25) is 0 Å². The van der Waals surface area contributed by atoms with Crippen LogP contribution in [0.1, 0.15) is 52.0 Å². The molecule has 0 spiro atoms. The average molecular weight is 233 g/mol. The minimum Gasteiger partial charge on any atom is -0.367 e. The van der Waals surface area contributed by atoms with E-state index in [-0.39, 0.29) is 0 Å². The van der Waals surface area contributed by atoms with Gasteiger partial charge in [-0.25, -0.2) is 4.98 Å². The summed E-state index contributed by atoms with van der Waals surface area (Å²) in [4.78, 5) is 4.37. The van der Waals surface area contributed by atoms with Crippen molar-refractivity contribution in [1.82, 2.24) is 4.98 Å². The van der Waals surface area contributed by atoms with Gasteiger partial charge in [0, 0.05) is 23.5 Å². The Bertz CT molecular complexity index is 356. The molecule has 2 N–H and O–H groups in total. The third kappa shape index (κ3) is 3.84. The van der Waals surface area contributed by atoms with Crippen molar-refractivity contribution in [2.45, 2.75) is 52.5 Å². The molecule has 0 bridgehead atoms. The molecule has 0 aliphatic carbocycles. The topological polar surface area (TPSA) is 48.8 Å². The molecular formula is C14H23N3. The van der Waals surface area contributed by atoms with E-state index in [2.05, 4.69) is 31.1 Å². The first-order chi connectivity index (χ1) is 8.22. The molecule has 0 amide bonds. The van der Waals surface area contributed by atoms with Crippen LogP contribution in [0.5, 0.6) is 0 Å². The van der Waals surface area contributed by atoms with E-state index in [9.17, 15) is 0 Å². The fraction of sp³-hybridized carbons (Fsp3) is 0.571. The molecule has 3 heteroatoms. The molecular weight excluding hydrogens is 210 g/mol. The SMILES string of the molecule is CCCC(=N)c1cccnc1NC(CC)CC. The molecule has 0 fully saturated rings. The number of anilines is 1. The fourth-order valence-electron chi connectivity index (χ4n) is 1.83. The van der Waals surface area contributed by atoms with E-state index in [1.165, 1.54) is 0 Å². The summed E-state index contributed by atoms with van der Waals surface area (Å²) in [6.07, 6.45) is 5.75. The van der Waals surface area contributed by atoms with Gasteiger partial charge in [-0.05, 0) is 31.4 Å². The number of pyridine rings is 1. The summed E-state index contributed by atoms with van der Waals surface area (Å²) < 4.78 is 0. The minimum absolute atomic E-state index is 0.443. The lowest BCUT2D eigenvalue weighted by atomic mass is 10.1. The average Bonchev–Trinajstić information content (AvgIpc) is 2.36. The monoisotopic (exact) mass is 233 g/mol. The number of rotatable bonds is 7. The second-order valence-corrected chi connectivity index (χ2v) is 4.29. The largest absolute Gasteiger partial charge is 0.367 e. The Morgan fingerprint density at radius 3 is 2.65 bits per heavy atom. The van der Waals surface area contributed by atoms with Crippen molar-refractivity contribution in [3.8, 4) is 0 Å². The van der Waals surface area contributed by atoms with Gasteiger partial charge in [0.05, 0.1) is 0 Å². The lowest BCUT2D eigenvalue weighted by Gasteiger charge is -2.18.